The van der Waals surface area contributed by atoms with Crippen LogP contribution in [0.3, 0.4) is 0 Å². The molecule has 4 heteroatoms. The lowest BCUT2D eigenvalue weighted by Crippen LogP contribution is -2.36. The Hall–Kier alpha value is -1.03. The summed E-state index contributed by atoms with van der Waals surface area (Å²) in [6.45, 7) is 0. The van der Waals surface area contributed by atoms with Crippen molar-refractivity contribution in [3.8, 4) is 0 Å². The van der Waals surface area contributed by atoms with Crippen LogP contribution in [0.2, 0.25) is 0 Å². The molecule has 1 heterocycles. The maximum Gasteiger partial charge on any atom is 0.0504 e. The second-order valence-corrected chi connectivity index (χ2v) is 1.13. The van der Waals surface area contributed by atoms with Gasteiger partial charge >= 0.3 is 0 Å². The molecule has 0 aromatic heterocycles. The van der Waals surface area contributed by atoms with Gasteiger partial charge in [0.2, 0.25) is 0 Å². The van der Waals surface area contributed by atoms with Crippen LogP contribution >= 0.6 is 0 Å². The van der Waals surface area contributed by atoms with Gasteiger partial charge in [0.15, 0.2) is 0 Å². The highest BCUT2D eigenvalue weighted by atomic mass is 15.8. The van der Waals surface area contributed by atoms with Gasteiger partial charge in [-0.25, -0.2) is 16.5 Å². The number of hydrogen-bond donors (Lipinski definition) is 2. The van der Waals surface area contributed by atoms with Crippen LogP contribution in [0.15, 0.2) is 17.4 Å². The van der Waals surface area contributed by atoms with E-state index in [9.17, 15) is 0 Å². The number of hydrazone groups is 1. The number of rotatable bonds is 0. The quantitative estimate of drug-likeness (QED) is 0.389. The summed E-state index contributed by atoms with van der Waals surface area (Å²) in [5, 5.41) is 4.86. The molecule has 3 N–H and O–H groups in total. The van der Waals surface area contributed by atoms with Gasteiger partial charge in [0.1, 0.15) is 0 Å². The van der Waals surface area contributed by atoms with E-state index >= 15 is 0 Å². The molecule has 1 aliphatic rings. The van der Waals surface area contributed by atoms with Crippen LogP contribution in [-0.4, -0.2) is 11.3 Å². The average molecular weight is 98.1 g/mol. The first-order valence-electron chi connectivity index (χ1n) is 1.89. The van der Waals surface area contributed by atoms with E-state index in [1.807, 2.05) is 0 Å². The molecule has 1 aliphatic heterocycles. The molecule has 0 unspecified atom stereocenters. The number of hydrazine groups is 2. The Kier molecular flexibility index (Phi) is 0.953. The fourth-order valence-corrected chi connectivity index (χ4v) is 0.308. The van der Waals surface area contributed by atoms with Gasteiger partial charge in [-0.1, -0.05) is 0 Å². The summed E-state index contributed by atoms with van der Waals surface area (Å²) in [5.41, 5.74) is 2.48. The summed E-state index contributed by atoms with van der Waals surface area (Å²) in [6, 6.07) is 0. The van der Waals surface area contributed by atoms with Crippen molar-refractivity contribution in [1.29, 1.82) is 0 Å². The van der Waals surface area contributed by atoms with Gasteiger partial charge in [-0.2, -0.15) is 5.10 Å². The fraction of sp³-hybridized carbons (Fsp3) is 0. The average Bonchev–Trinajstić information content (AvgIpc) is 1.69. The molecule has 0 atom stereocenters. The minimum Gasteiger partial charge on any atom is -0.227 e. The van der Waals surface area contributed by atoms with Gasteiger partial charge in [0, 0.05) is 6.20 Å². The third kappa shape index (κ3) is 0.902. The largest absolute Gasteiger partial charge is 0.227 e. The first-order chi connectivity index (χ1) is 3.39. The van der Waals surface area contributed by atoms with Crippen molar-refractivity contribution in [3.05, 3.63) is 12.3 Å². The third-order valence-electron chi connectivity index (χ3n) is 0.580. The minimum atomic E-state index is 1.26. The Morgan fingerprint density at radius 3 is 2.86 bits per heavy atom. The molecule has 0 bridgehead atoms. The van der Waals surface area contributed by atoms with Crippen molar-refractivity contribution < 1.29 is 0 Å². The zero-order valence-electron chi connectivity index (χ0n) is 3.70. The fourth-order valence-electron chi connectivity index (χ4n) is 0.308. The normalized spacial score (nSPS) is 17.0. The number of nitrogens with two attached hydrogens (primary N) is 1. The first-order valence-corrected chi connectivity index (χ1v) is 1.89. The van der Waals surface area contributed by atoms with Crippen molar-refractivity contribution in [3.63, 3.8) is 0 Å². The SMILES string of the molecule is NN1C=CC=NN1. The Morgan fingerprint density at radius 2 is 2.57 bits per heavy atom. The highest BCUT2D eigenvalue weighted by Crippen LogP contribution is 1.77. The Labute approximate surface area is 41.2 Å². The highest BCUT2D eigenvalue weighted by molar-refractivity contribution is 5.70. The topological polar surface area (TPSA) is 53.6 Å². The zero-order valence-corrected chi connectivity index (χ0v) is 3.70. The molecule has 7 heavy (non-hydrogen) atoms. The highest BCUT2D eigenvalue weighted by Gasteiger charge is 1.84. The molecule has 0 spiro atoms. The Balaban J connectivity index is 2.49. The lowest BCUT2D eigenvalue weighted by atomic mass is 10.6. The van der Waals surface area contributed by atoms with Crippen LogP contribution in [0.25, 0.3) is 0 Å². The minimum absolute atomic E-state index is 1.26. The molecule has 0 saturated heterocycles. The molecule has 0 fully saturated rings. The molecular weight excluding hydrogens is 92.1 g/mol. The molecule has 0 aliphatic carbocycles. The van der Waals surface area contributed by atoms with E-state index in [2.05, 4.69) is 10.6 Å². The summed E-state index contributed by atoms with van der Waals surface area (Å²) in [7, 11) is 0. The lowest BCUT2D eigenvalue weighted by Gasteiger charge is -2.12. The van der Waals surface area contributed by atoms with Gasteiger partial charge < -0.3 is 0 Å². The van der Waals surface area contributed by atoms with Crippen molar-refractivity contribution in [1.82, 2.24) is 10.7 Å². The van der Waals surface area contributed by atoms with Crippen LogP contribution in [0, 0.1) is 0 Å². The monoisotopic (exact) mass is 98.1 g/mol. The Morgan fingerprint density at radius 1 is 1.71 bits per heavy atom. The van der Waals surface area contributed by atoms with E-state index < -0.39 is 0 Å². The number of nitrogens with zero attached hydrogens (tertiary/aromatic N) is 2. The third-order valence-corrected chi connectivity index (χ3v) is 0.580. The standard InChI is InChI=1S/C3H6N4/c4-7-3-1-2-5-6-7/h1-3,6H,4H2. The van der Waals surface area contributed by atoms with E-state index in [0.717, 1.165) is 0 Å². The predicted octanol–water partition coefficient (Wildman–Crippen LogP) is -0.820. The van der Waals surface area contributed by atoms with Crippen LogP contribution in [0.5, 0.6) is 0 Å². The molecule has 0 aromatic carbocycles. The summed E-state index contributed by atoms with van der Waals surface area (Å²) in [4.78, 5) is 0. The van der Waals surface area contributed by atoms with E-state index in [1.165, 1.54) is 5.12 Å². The van der Waals surface area contributed by atoms with Crippen molar-refractivity contribution in [2.75, 3.05) is 0 Å². The van der Waals surface area contributed by atoms with Gasteiger partial charge in [0.25, 0.3) is 0 Å². The van der Waals surface area contributed by atoms with Crippen molar-refractivity contribution in [2.24, 2.45) is 10.9 Å². The maximum absolute atomic E-state index is 5.16. The summed E-state index contributed by atoms with van der Waals surface area (Å²) < 4.78 is 0. The molecule has 0 amide bonds. The molecular formula is C3H6N4. The van der Waals surface area contributed by atoms with E-state index in [-0.39, 0.29) is 0 Å². The van der Waals surface area contributed by atoms with Crippen LogP contribution in [0.1, 0.15) is 0 Å². The molecule has 0 radical (unpaired) electrons. The summed E-state index contributed by atoms with van der Waals surface area (Å²) >= 11 is 0. The van der Waals surface area contributed by atoms with Crippen LogP contribution in [-0.2, 0) is 0 Å². The molecule has 4 nitrogen and oxygen atoms in total. The van der Waals surface area contributed by atoms with E-state index in [0.29, 0.717) is 0 Å². The maximum atomic E-state index is 5.16. The second-order valence-electron chi connectivity index (χ2n) is 1.13. The molecule has 0 saturated carbocycles. The molecule has 0 aromatic rings. The number of allylic oxidation sites excluding steroid dienone is 1. The summed E-state index contributed by atoms with van der Waals surface area (Å²) in [6.07, 6.45) is 5.01. The molecule has 38 valence electrons. The van der Waals surface area contributed by atoms with Gasteiger partial charge in [0.05, 0.1) is 6.21 Å². The second kappa shape index (κ2) is 1.61. The van der Waals surface area contributed by atoms with Crippen molar-refractivity contribution in [2.45, 2.75) is 0 Å². The molecule has 1 rings (SSSR count). The smallest absolute Gasteiger partial charge is 0.0504 e. The Bertz CT molecular complexity index is 106. The number of hydrogen-bond acceptors (Lipinski definition) is 4. The number of nitrogens with one attached hydrogen (secondary N) is 1. The van der Waals surface area contributed by atoms with E-state index in [1.54, 1.807) is 18.5 Å². The first kappa shape index (κ1) is 4.14. The van der Waals surface area contributed by atoms with E-state index in [4.69, 9.17) is 5.84 Å². The summed E-state index contributed by atoms with van der Waals surface area (Å²) in [5.74, 6) is 5.16. The predicted molar refractivity (Wildman–Crippen MR) is 26.8 cm³/mol. The van der Waals surface area contributed by atoms with Gasteiger partial charge in [-0.15, -0.1) is 0 Å². The van der Waals surface area contributed by atoms with Crippen LogP contribution in [0.4, 0.5) is 0 Å². The van der Waals surface area contributed by atoms with Crippen LogP contribution < -0.4 is 11.4 Å². The zero-order chi connectivity index (χ0) is 5.11. The lowest BCUT2D eigenvalue weighted by molar-refractivity contribution is 0.284. The van der Waals surface area contributed by atoms with Gasteiger partial charge in [-0.05, 0) is 6.08 Å². The van der Waals surface area contributed by atoms with Crippen molar-refractivity contribution >= 4 is 6.21 Å². The van der Waals surface area contributed by atoms with Gasteiger partial charge in [-0.3, -0.25) is 0 Å².